The van der Waals surface area contributed by atoms with Crippen LogP contribution in [-0.2, 0) is 11.2 Å². The van der Waals surface area contributed by atoms with Crippen molar-refractivity contribution in [2.45, 2.75) is 57.7 Å². The first-order chi connectivity index (χ1) is 15.5. The summed E-state index contributed by atoms with van der Waals surface area (Å²) < 4.78 is 0. The Hall–Kier alpha value is -1.95. The van der Waals surface area contributed by atoms with E-state index in [1.54, 1.807) is 0 Å². The van der Waals surface area contributed by atoms with Gasteiger partial charge < -0.3 is 20.4 Å². The Bertz CT molecular complexity index is 843. The number of fused-ring (bicyclic) bond motifs is 1. The van der Waals surface area contributed by atoms with Gasteiger partial charge in [0.05, 0.1) is 12.2 Å². The number of aliphatic hydroxyl groups excluding tert-OH is 2. The van der Waals surface area contributed by atoms with E-state index in [0.29, 0.717) is 24.7 Å². The normalized spacial score (nSPS) is 28.3. The van der Waals surface area contributed by atoms with Gasteiger partial charge >= 0.3 is 0 Å². The number of hydrogen-bond acceptors (Lipinski definition) is 4. The fraction of sp³-hybridized carbons (Fsp3) is 0.593. The number of benzene rings is 1. The number of rotatable bonds is 9. The molecule has 5 nitrogen and oxygen atoms in total. The van der Waals surface area contributed by atoms with Gasteiger partial charge in [0, 0.05) is 44.9 Å². The van der Waals surface area contributed by atoms with Gasteiger partial charge in [-0.1, -0.05) is 53.6 Å². The van der Waals surface area contributed by atoms with Crippen LogP contribution in [0.25, 0.3) is 0 Å². The number of allylic oxidation sites excluding steroid dienone is 1. The number of aliphatic hydroxyl groups is 2. The summed E-state index contributed by atoms with van der Waals surface area (Å²) in [6, 6.07) is 8.24. The van der Waals surface area contributed by atoms with Crippen LogP contribution in [0, 0.1) is 24.7 Å². The molecule has 1 aromatic carbocycles. The van der Waals surface area contributed by atoms with Crippen LogP contribution in [0.1, 0.15) is 43.2 Å². The average molecular weight is 439 g/mol. The molecule has 1 amide bonds. The number of aryl methyl sites for hydroxylation is 1. The molecule has 174 valence electrons. The smallest absolute Gasteiger partial charge is 0.223 e. The van der Waals surface area contributed by atoms with Crippen molar-refractivity contribution < 1.29 is 15.0 Å². The monoisotopic (exact) mass is 438 g/mol. The molecule has 2 fully saturated rings. The highest BCUT2D eigenvalue weighted by atomic mass is 16.3. The number of amides is 1. The topological polar surface area (TPSA) is 72.8 Å². The van der Waals surface area contributed by atoms with Crippen molar-refractivity contribution in [2.75, 3.05) is 26.2 Å². The van der Waals surface area contributed by atoms with Gasteiger partial charge in [0.15, 0.2) is 0 Å². The molecule has 32 heavy (non-hydrogen) atoms. The van der Waals surface area contributed by atoms with Crippen LogP contribution in [0.5, 0.6) is 0 Å². The molecule has 4 rings (SSSR count). The Balaban J connectivity index is 1.22. The Morgan fingerprint density at radius 2 is 2.12 bits per heavy atom. The Morgan fingerprint density at radius 1 is 1.31 bits per heavy atom. The molecule has 1 saturated carbocycles. The lowest BCUT2D eigenvalue weighted by Crippen LogP contribution is -2.31. The number of hydrogen-bond donors (Lipinski definition) is 3. The molecule has 5 heteroatoms. The van der Waals surface area contributed by atoms with E-state index in [1.165, 1.54) is 11.1 Å². The molecular formula is C27H38N2O3. The zero-order valence-electron chi connectivity index (χ0n) is 19.2. The van der Waals surface area contributed by atoms with Crippen molar-refractivity contribution in [3.63, 3.8) is 0 Å². The van der Waals surface area contributed by atoms with Gasteiger partial charge in [-0.3, -0.25) is 4.79 Å². The standard InChI is InChI=1S/C27H38N2O3/c1-19-5-4-6-20(13-19)15-23(30)7-8-24-25-16-21(14-22(25)17-26(24)31)18-28-10-9-27(32)29-11-2-3-12-29/h4-8,13-14,22-26,28,30-31H,2-3,9-12,15-18H2,1H3/b8-7+/t22-,23-,24+,25-,26+/m0/s1. The van der Waals surface area contributed by atoms with E-state index in [9.17, 15) is 15.0 Å². The second-order valence-corrected chi connectivity index (χ2v) is 9.90. The number of carbonyl (C=O) groups is 1. The highest BCUT2D eigenvalue weighted by molar-refractivity contribution is 5.76. The molecule has 1 saturated heterocycles. The van der Waals surface area contributed by atoms with E-state index >= 15 is 0 Å². The molecule has 0 aromatic heterocycles. The van der Waals surface area contributed by atoms with E-state index in [-0.39, 0.29) is 17.9 Å². The van der Waals surface area contributed by atoms with Gasteiger partial charge in [-0.05, 0) is 50.0 Å². The quantitative estimate of drug-likeness (QED) is 0.409. The van der Waals surface area contributed by atoms with Gasteiger partial charge in [-0.2, -0.15) is 0 Å². The zero-order chi connectivity index (χ0) is 22.5. The van der Waals surface area contributed by atoms with Gasteiger partial charge in [-0.25, -0.2) is 0 Å². The maximum Gasteiger partial charge on any atom is 0.223 e. The summed E-state index contributed by atoms with van der Waals surface area (Å²) in [7, 11) is 0. The SMILES string of the molecule is Cc1cccc(C[C@@H](O)/C=C/[C@@H]2[C@H]3CC(CNCCC(=O)N4CCCC4)=C[C@H]3C[C@H]2O)c1. The second kappa shape index (κ2) is 10.8. The lowest BCUT2D eigenvalue weighted by Gasteiger charge is -2.19. The third-order valence-corrected chi connectivity index (χ3v) is 7.36. The first-order valence-electron chi connectivity index (χ1n) is 12.3. The molecule has 2 aliphatic carbocycles. The molecule has 3 aliphatic rings. The first kappa shape index (κ1) is 23.2. The summed E-state index contributed by atoms with van der Waals surface area (Å²) in [6.07, 6.45) is 10.6. The Labute approximate surface area is 192 Å². The molecule has 0 spiro atoms. The Morgan fingerprint density at radius 3 is 2.91 bits per heavy atom. The third-order valence-electron chi connectivity index (χ3n) is 7.36. The molecule has 5 atom stereocenters. The van der Waals surface area contributed by atoms with Crippen molar-refractivity contribution in [1.82, 2.24) is 10.2 Å². The summed E-state index contributed by atoms with van der Waals surface area (Å²) in [4.78, 5) is 14.1. The van der Waals surface area contributed by atoms with Crippen LogP contribution in [0.2, 0.25) is 0 Å². The summed E-state index contributed by atoms with van der Waals surface area (Å²) in [5.74, 6) is 1.19. The molecule has 1 aromatic rings. The predicted molar refractivity (Wildman–Crippen MR) is 127 cm³/mol. The maximum atomic E-state index is 12.2. The van der Waals surface area contributed by atoms with Crippen molar-refractivity contribution >= 4 is 5.91 Å². The van der Waals surface area contributed by atoms with E-state index in [2.05, 4.69) is 36.5 Å². The highest BCUT2D eigenvalue weighted by Gasteiger charge is 2.43. The minimum Gasteiger partial charge on any atom is -0.392 e. The predicted octanol–water partition coefficient (Wildman–Crippen LogP) is 3.00. The van der Waals surface area contributed by atoms with Crippen molar-refractivity contribution in [3.05, 3.63) is 59.2 Å². The summed E-state index contributed by atoms with van der Waals surface area (Å²) in [6.45, 7) is 5.45. The van der Waals surface area contributed by atoms with E-state index in [0.717, 1.165) is 57.4 Å². The molecule has 0 unspecified atom stereocenters. The van der Waals surface area contributed by atoms with Crippen molar-refractivity contribution in [1.29, 1.82) is 0 Å². The van der Waals surface area contributed by atoms with Gasteiger partial charge in [0.2, 0.25) is 5.91 Å². The number of nitrogens with one attached hydrogen (secondary N) is 1. The Kier molecular flexibility index (Phi) is 7.82. The largest absolute Gasteiger partial charge is 0.392 e. The van der Waals surface area contributed by atoms with Crippen LogP contribution in [0.4, 0.5) is 0 Å². The number of likely N-dealkylation sites (tertiary alicyclic amines) is 1. The summed E-state index contributed by atoms with van der Waals surface area (Å²) in [5.41, 5.74) is 3.72. The lowest BCUT2D eigenvalue weighted by atomic mass is 9.89. The van der Waals surface area contributed by atoms with Gasteiger partial charge in [0.25, 0.3) is 0 Å². The average Bonchev–Trinajstić information content (AvgIpc) is 3.47. The maximum absolute atomic E-state index is 12.2. The van der Waals surface area contributed by atoms with Crippen LogP contribution in [0.3, 0.4) is 0 Å². The van der Waals surface area contributed by atoms with Crippen molar-refractivity contribution in [2.24, 2.45) is 17.8 Å². The molecule has 1 aliphatic heterocycles. The van der Waals surface area contributed by atoms with E-state index < -0.39 is 6.10 Å². The zero-order valence-corrected chi connectivity index (χ0v) is 19.2. The molecule has 1 heterocycles. The second-order valence-electron chi connectivity index (χ2n) is 9.90. The van der Waals surface area contributed by atoms with Crippen LogP contribution in [0.15, 0.2) is 48.1 Å². The molecular weight excluding hydrogens is 400 g/mol. The fourth-order valence-corrected chi connectivity index (χ4v) is 5.71. The highest BCUT2D eigenvalue weighted by Crippen LogP contribution is 2.47. The van der Waals surface area contributed by atoms with Gasteiger partial charge in [-0.15, -0.1) is 0 Å². The number of nitrogens with zero attached hydrogens (tertiary/aromatic N) is 1. The minimum absolute atomic E-state index is 0.0950. The molecule has 0 bridgehead atoms. The van der Waals surface area contributed by atoms with Crippen LogP contribution < -0.4 is 5.32 Å². The van der Waals surface area contributed by atoms with E-state index in [4.69, 9.17) is 0 Å². The van der Waals surface area contributed by atoms with Crippen LogP contribution in [-0.4, -0.2) is 59.4 Å². The van der Waals surface area contributed by atoms with E-state index in [1.807, 2.05) is 23.1 Å². The van der Waals surface area contributed by atoms with Crippen LogP contribution >= 0.6 is 0 Å². The molecule has 3 N–H and O–H groups in total. The minimum atomic E-state index is -0.535. The fourth-order valence-electron chi connectivity index (χ4n) is 5.71. The molecule has 0 radical (unpaired) electrons. The lowest BCUT2D eigenvalue weighted by molar-refractivity contribution is -0.130. The van der Waals surface area contributed by atoms with Crippen molar-refractivity contribution in [3.8, 4) is 0 Å². The third kappa shape index (κ3) is 5.89. The summed E-state index contributed by atoms with van der Waals surface area (Å²) >= 11 is 0. The number of carbonyl (C=O) groups excluding carboxylic acids is 1. The van der Waals surface area contributed by atoms with Gasteiger partial charge in [0.1, 0.15) is 0 Å². The summed E-state index contributed by atoms with van der Waals surface area (Å²) in [5, 5.41) is 24.5. The first-order valence-corrected chi connectivity index (χ1v) is 12.3.